The molecule has 31 heavy (non-hydrogen) atoms. The van der Waals surface area contributed by atoms with Crippen LogP contribution in [0.5, 0.6) is 11.5 Å². The van der Waals surface area contributed by atoms with Gasteiger partial charge in [-0.2, -0.15) is 0 Å². The number of carbonyl (C=O) groups excluding carboxylic acids is 1. The molecule has 0 saturated heterocycles. The van der Waals surface area contributed by atoms with E-state index in [9.17, 15) is 4.79 Å². The molecule has 0 radical (unpaired) electrons. The highest BCUT2D eigenvalue weighted by molar-refractivity contribution is 5.93. The number of aryl methyl sites for hydroxylation is 2. The van der Waals surface area contributed by atoms with Gasteiger partial charge in [0.05, 0.1) is 6.54 Å². The van der Waals surface area contributed by atoms with Gasteiger partial charge in [0.25, 0.3) is 0 Å². The normalized spacial score (nSPS) is 21.7. The molecule has 5 nitrogen and oxygen atoms in total. The highest BCUT2D eigenvalue weighted by Crippen LogP contribution is 2.51. The zero-order valence-electron chi connectivity index (χ0n) is 18.8. The Balaban J connectivity index is 1.44. The molecular formula is C26H32N2O3. The Morgan fingerprint density at radius 2 is 1.74 bits per heavy atom. The van der Waals surface area contributed by atoms with Crippen LogP contribution in [0.4, 0.5) is 5.69 Å². The molecular weight excluding hydrogens is 388 g/mol. The molecule has 1 saturated carbocycles. The zero-order valence-corrected chi connectivity index (χ0v) is 18.8. The fraction of sp³-hybridized carbons (Fsp3) is 0.500. The molecule has 1 N–H and O–H groups in total. The standard InChI is InChI=1S/C26H32N2O3/c1-17-7-6-8-18(2)25(17)27-24(29)15-28-16-26(9-4-5-10-26)21-14-23-22(30-11-12-31-23)13-20(21)19(28)3/h6-8,13-14,19H,4-5,9-12,15-16H2,1-3H3,(H,27,29)/t19-/m1/s1. The Morgan fingerprint density at radius 1 is 1.10 bits per heavy atom. The molecule has 1 fully saturated rings. The summed E-state index contributed by atoms with van der Waals surface area (Å²) in [6.07, 6.45) is 4.82. The van der Waals surface area contributed by atoms with Crippen LogP contribution in [0.15, 0.2) is 30.3 Å². The highest BCUT2D eigenvalue weighted by atomic mass is 16.6. The third kappa shape index (κ3) is 3.59. The third-order valence-electron chi connectivity index (χ3n) is 7.44. The van der Waals surface area contributed by atoms with E-state index in [2.05, 4.69) is 29.3 Å². The molecule has 2 aromatic rings. The average Bonchev–Trinajstić information content (AvgIpc) is 3.23. The van der Waals surface area contributed by atoms with Crippen LogP contribution in [0.2, 0.25) is 0 Å². The zero-order chi connectivity index (χ0) is 21.6. The van der Waals surface area contributed by atoms with Crippen LogP contribution in [0.25, 0.3) is 0 Å². The van der Waals surface area contributed by atoms with Crippen molar-refractivity contribution in [2.45, 2.75) is 57.9 Å². The minimum atomic E-state index is 0.0541. The molecule has 0 bridgehead atoms. The van der Waals surface area contributed by atoms with E-state index in [4.69, 9.17) is 9.47 Å². The minimum absolute atomic E-state index is 0.0541. The maximum absolute atomic E-state index is 13.1. The van der Waals surface area contributed by atoms with Crippen molar-refractivity contribution in [3.8, 4) is 11.5 Å². The second-order valence-electron chi connectivity index (χ2n) is 9.47. The van der Waals surface area contributed by atoms with Gasteiger partial charge in [0.1, 0.15) is 13.2 Å². The van der Waals surface area contributed by atoms with E-state index >= 15 is 0 Å². The number of nitrogens with one attached hydrogen (secondary N) is 1. The summed E-state index contributed by atoms with van der Waals surface area (Å²) in [5, 5.41) is 3.17. The molecule has 0 aromatic heterocycles. The smallest absolute Gasteiger partial charge is 0.238 e. The quantitative estimate of drug-likeness (QED) is 0.767. The number of rotatable bonds is 3. The summed E-state index contributed by atoms with van der Waals surface area (Å²) in [4.78, 5) is 15.4. The highest BCUT2D eigenvalue weighted by Gasteiger charge is 2.45. The van der Waals surface area contributed by atoms with Gasteiger partial charge in [0, 0.05) is 23.7 Å². The van der Waals surface area contributed by atoms with Gasteiger partial charge in [-0.15, -0.1) is 0 Å². The van der Waals surface area contributed by atoms with Crippen molar-refractivity contribution in [3.63, 3.8) is 0 Å². The first-order valence-corrected chi connectivity index (χ1v) is 11.5. The fourth-order valence-electron chi connectivity index (χ4n) is 5.76. The first kappa shape index (κ1) is 20.4. The van der Waals surface area contributed by atoms with Crippen molar-refractivity contribution in [3.05, 3.63) is 52.6 Å². The monoisotopic (exact) mass is 420 g/mol. The number of nitrogens with zero attached hydrogens (tertiary/aromatic N) is 1. The molecule has 1 atom stereocenters. The lowest BCUT2D eigenvalue weighted by Gasteiger charge is -2.46. The van der Waals surface area contributed by atoms with Crippen LogP contribution < -0.4 is 14.8 Å². The number of ether oxygens (including phenoxy) is 2. The van der Waals surface area contributed by atoms with Gasteiger partial charge in [-0.05, 0) is 68.0 Å². The van der Waals surface area contributed by atoms with Crippen LogP contribution in [0.3, 0.4) is 0 Å². The van der Waals surface area contributed by atoms with E-state index in [0.717, 1.165) is 34.9 Å². The van der Waals surface area contributed by atoms with Gasteiger partial charge < -0.3 is 14.8 Å². The molecule has 2 aliphatic heterocycles. The molecule has 1 aliphatic carbocycles. The number of hydrogen-bond acceptors (Lipinski definition) is 4. The molecule has 1 amide bonds. The molecule has 5 heteroatoms. The number of carbonyl (C=O) groups is 1. The molecule has 3 aliphatic rings. The summed E-state index contributed by atoms with van der Waals surface area (Å²) in [5.74, 6) is 1.77. The van der Waals surface area contributed by atoms with Crippen molar-refractivity contribution >= 4 is 11.6 Å². The van der Waals surface area contributed by atoms with Gasteiger partial charge in [0.15, 0.2) is 11.5 Å². The van der Waals surface area contributed by atoms with Crippen LogP contribution >= 0.6 is 0 Å². The largest absolute Gasteiger partial charge is 0.486 e. The van der Waals surface area contributed by atoms with Gasteiger partial charge in [-0.25, -0.2) is 0 Å². The summed E-state index contributed by atoms with van der Waals surface area (Å²) in [7, 11) is 0. The van der Waals surface area contributed by atoms with E-state index in [1.165, 1.54) is 36.8 Å². The van der Waals surface area contributed by atoms with Crippen molar-refractivity contribution in [2.24, 2.45) is 0 Å². The lowest BCUT2D eigenvalue weighted by molar-refractivity contribution is -0.118. The summed E-state index contributed by atoms with van der Waals surface area (Å²) >= 11 is 0. The van der Waals surface area contributed by atoms with Crippen molar-refractivity contribution < 1.29 is 14.3 Å². The van der Waals surface area contributed by atoms with Crippen LogP contribution in [-0.2, 0) is 10.2 Å². The predicted octanol–water partition coefficient (Wildman–Crippen LogP) is 4.90. The van der Waals surface area contributed by atoms with E-state index in [0.29, 0.717) is 19.8 Å². The lowest BCUT2D eigenvalue weighted by Crippen LogP contribution is -2.48. The number of anilines is 1. The maximum Gasteiger partial charge on any atom is 0.238 e. The van der Waals surface area contributed by atoms with Crippen LogP contribution in [0, 0.1) is 13.8 Å². The fourth-order valence-corrected chi connectivity index (χ4v) is 5.76. The van der Waals surface area contributed by atoms with Gasteiger partial charge in [-0.3, -0.25) is 9.69 Å². The van der Waals surface area contributed by atoms with Gasteiger partial charge in [-0.1, -0.05) is 31.0 Å². The summed E-state index contributed by atoms with van der Waals surface area (Å²) in [6, 6.07) is 10.7. The molecule has 2 heterocycles. The molecule has 1 spiro atoms. The lowest BCUT2D eigenvalue weighted by atomic mass is 9.71. The maximum atomic E-state index is 13.1. The first-order valence-electron chi connectivity index (χ1n) is 11.5. The molecule has 0 unspecified atom stereocenters. The summed E-state index contributed by atoms with van der Waals surface area (Å²) in [6.45, 7) is 8.81. The van der Waals surface area contributed by atoms with Gasteiger partial charge in [0.2, 0.25) is 5.91 Å². The van der Waals surface area contributed by atoms with Crippen LogP contribution in [-0.4, -0.2) is 37.1 Å². The SMILES string of the molecule is Cc1cccc(C)c1NC(=O)CN1CC2(CCCC2)c2cc3c(cc2[C@H]1C)OCCO3. The van der Waals surface area contributed by atoms with Crippen molar-refractivity contribution in [2.75, 3.05) is 31.6 Å². The molecule has 2 aromatic carbocycles. The Hall–Kier alpha value is -2.53. The van der Waals surface area contributed by atoms with Crippen molar-refractivity contribution in [1.29, 1.82) is 0 Å². The number of para-hydroxylation sites is 1. The topological polar surface area (TPSA) is 50.8 Å². The van der Waals surface area contributed by atoms with Crippen molar-refractivity contribution in [1.82, 2.24) is 4.90 Å². The molecule has 5 rings (SSSR count). The number of amides is 1. The van der Waals surface area contributed by atoms with Crippen LogP contribution in [0.1, 0.15) is 60.9 Å². The predicted molar refractivity (Wildman–Crippen MR) is 122 cm³/mol. The second-order valence-corrected chi connectivity index (χ2v) is 9.47. The van der Waals surface area contributed by atoms with E-state index in [1.807, 2.05) is 32.0 Å². The Morgan fingerprint density at radius 3 is 2.42 bits per heavy atom. The first-order chi connectivity index (χ1) is 15.0. The van der Waals surface area contributed by atoms with Gasteiger partial charge >= 0.3 is 0 Å². The third-order valence-corrected chi connectivity index (χ3v) is 7.44. The summed E-state index contributed by atoms with van der Waals surface area (Å²) in [5.41, 5.74) is 5.94. The minimum Gasteiger partial charge on any atom is -0.486 e. The Kier molecular flexibility index (Phi) is 5.17. The van der Waals surface area contributed by atoms with E-state index in [1.54, 1.807) is 0 Å². The van der Waals surface area contributed by atoms with E-state index in [-0.39, 0.29) is 17.4 Å². The summed E-state index contributed by atoms with van der Waals surface area (Å²) < 4.78 is 11.8. The Bertz CT molecular complexity index is 990. The molecule has 164 valence electrons. The van der Waals surface area contributed by atoms with E-state index < -0.39 is 0 Å². The number of hydrogen-bond donors (Lipinski definition) is 1. The Labute approximate surface area is 184 Å². The number of fused-ring (bicyclic) bond motifs is 3. The second kappa shape index (κ2) is 7.86. The average molecular weight is 421 g/mol. The number of benzene rings is 2.